The number of hydrogen-bond acceptors (Lipinski definition) is 21. The highest BCUT2D eigenvalue weighted by atomic mass is 35.5. The number of hydrogen-bond donors (Lipinski definition) is 13. The minimum atomic E-state index is -2.13. The van der Waals surface area contributed by atoms with E-state index in [9.17, 15) is 45.0 Å². The second kappa shape index (κ2) is 26.2. The Morgan fingerprint density at radius 2 is 1.18 bits per heavy atom. The number of phenols is 5. The van der Waals surface area contributed by atoms with E-state index in [0.29, 0.717) is 38.4 Å². The molecule has 6 amide bonds. The second-order valence-electron chi connectivity index (χ2n) is 22.6. The summed E-state index contributed by atoms with van der Waals surface area (Å²) in [6, 6.07) is 10.1. The van der Waals surface area contributed by atoms with Gasteiger partial charge in [0.1, 0.15) is 89.2 Å². The molecule has 1 fully saturated rings. The molecule has 7 aliphatic heterocycles. The zero-order chi connectivity index (χ0) is 66.4. The number of nitrogens with two attached hydrogens (primary N) is 1. The van der Waals surface area contributed by atoms with Crippen LogP contribution in [0.3, 0.4) is 0 Å². The fourth-order valence-electron chi connectivity index (χ4n) is 11.6. The first-order chi connectivity index (χ1) is 45.1. The number of benzene rings is 7. The third kappa shape index (κ3) is 13.0. The van der Waals surface area contributed by atoms with Gasteiger partial charge in [-0.2, -0.15) is 0 Å². The van der Waals surface area contributed by atoms with Crippen molar-refractivity contribution >= 4 is 64.6 Å². The van der Waals surface area contributed by atoms with Crippen molar-refractivity contribution in [1.82, 2.24) is 36.8 Å². The zero-order valence-electron chi connectivity index (χ0n) is 49.3. The van der Waals surface area contributed by atoms with Crippen molar-refractivity contribution in [3.8, 4) is 80.1 Å². The third-order valence-corrected chi connectivity index (χ3v) is 17.0. The first-order valence-corrected chi connectivity index (χ1v) is 30.0. The molecule has 7 aromatic rings. The Morgan fingerprint density at radius 1 is 0.574 bits per heavy atom. The van der Waals surface area contributed by atoms with E-state index in [1.54, 1.807) is 6.07 Å². The van der Waals surface area contributed by atoms with E-state index in [2.05, 4.69) is 36.8 Å². The van der Waals surface area contributed by atoms with Gasteiger partial charge in [0.15, 0.2) is 29.0 Å². The molecule has 7 aliphatic rings. The molecule has 29 heteroatoms. The van der Waals surface area contributed by atoms with Gasteiger partial charge in [-0.05, 0) is 112 Å². The molecule has 1 saturated heterocycles. The summed E-state index contributed by atoms with van der Waals surface area (Å²) in [7, 11) is 0.981. The molecule has 0 radical (unpaired) electrons. The number of ether oxygens (including phenoxy) is 6. The van der Waals surface area contributed by atoms with Crippen LogP contribution >= 0.6 is 23.2 Å². The zero-order valence-corrected chi connectivity index (χ0v) is 50.8. The van der Waals surface area contributed by atoms with E-state index in [1.165, 1.54) is 72.8 Å². The Kier molecular flexibility index (Phi) is 17.7. The predicted molar refractivity (Wildman–Crippen MR) is 330 cm³/mol. The first kappa shape index (κ1) is 63.6. The number of amides is 6. The number of aliphatic hydroxyl groups excluding tert-OH is 1. The van der Waals surface area contributed by atoms with Crippen LogP contribution < -0.4 is 56.6 Å². The maximum atomic E-state index is 16.1. The van der Waals surface area contributed by atoms with Gasteiger partial charge in [0.2, 0.25) is 41.2 Å². The van der Waals surface area contributed by atoms with Crippen LogP contribution in [0.5, 0.6) is 69.0 Å². The van der Waals surface area contributed by atoms with Crippen molar-refractivity contribution in [2.45, 2.75) is 54.8 Å². The number of phenolic OH excluding ortho intramolecular Hbond substituents is 5. The first-order valence-electron chi connectivity index (χ1n) is 29.2. The van der Waals surface area contributed by atoms with Crippen LogP contribution in [0.25, 0.3) is 11.1 Å². The molecule has 7 heterocycles. The monoisotopic (exact) mass is 1320 g/mol. The van der Waals surface area contributed by atoms with Gasteiger partial charge in [0.25, 0.3) is 0 Å². The summed E-state index contributed by atoms with van der Waals surface area (Å²) in [5, 5.41) is 84.2. The Morgan fingerprint density at radius 3 is 1.87 bits per heavy atom. The van der Waals surface area contributed by atoms with E-state index in [1.807, 2.05) is 0 Å². The summed E-state index contributed by atoms with van der Waals surface area (Å²) in [5.41, 5.74) is 5.14. The van der Waals surface area contributed by atoms with Crippen molar-refractivity contribution < 1.29 is 92.6 Å². The fourth-order valence-corrected chi connectivity index (χ4v) is 12.0. The quantitative estimate of drug-likeness (QED) is 0.0999. The number of rotatable bonds is 5. The number of morpholine rings is 1. The molecule has 486 valence electrons. The Balaban J connectivity index is 1.10. The minimum absolute atomic E-state index is 0.0361. The number of carbonyl (C=O) groups is 7. The van der Waals surface area contributed by atoms with Gasteiger partial charge in [0.05, 0.1) is 30.4 Å². The fraction of sp³-hybridized carbons (Fsp3) is 0.246. The van der Waals surface area contributed by atoms with E-state index in [-0.39, 0.29) is 108 Å². The summed E-state index contributed by atoms with van der Waals surface area (Å²) in [6.45, 7) is 2.33. The van der Waals surface area contributed by atoms with Crippen LogP contribution in [0.2, 0.25) is 10.0 Å². The van der Waals surface area contributed by atoms with Gasteiger partial charge in [-0.1, -0.05) is 47.5 Å². The lowest BCUT2D eigenvalue weighted by molar-refractivity contribution is -0.146. The average molecular weight is 1330 g/mol. The highest BCUT2D eigenvalue weighted by Gasteiger charge is 2.42. The molecule has 0 spiro atoms. The molecule has 94 heavy (non-hydrogen) atoms. The molecule has 7 aromatic carbocycles. The van der Waals surface area contributed by atoms with Crippen LogP contribution in [-0.4, -0.2) is 136 Å². The molecule has 17 bridgehead atoms. The normalized spacial score (nSPS) is 22.2. The van der Waals surface area contributed by atoms with Gasteiger partial charge >= 0.3 is 5.97 Å². The van der Waals surface area contributed by atoms with E-state index < -0.39 is 119 Å². The Bertz CT molecular complexity index is 4260. The highest BCUT2D eigenvalue weighted by Crippen LogP contribution is 2.49. The molecule has 0 aliphatic carbocycles. The second-order valence-corrected chi connectivity index (χ2v) is 23.4. The Labute approximate surface area is 543 Å². The molecule has 14 N–H and O–H groups in total. The van der Waals surface area contributed by atoms with Gasteiger partial charge < -0.3 is 96.7 Å². The predicted octanol–water partition coefficient (Wildman–Crippen LogP) is 5.08. The van der Waals surface area contributed by atoms with Gasteiger partial charge in [-0.15, -0.1) is 0 Å². The number of carbonyl (C=O) groups excluding carboxylic acids is 7. The smallest absolute Gasteiger partial charge is 0.333 e. The summed E-state index contributed by atoms with van der Waals surface area (Å²) < 4.78 is 36.6. The third-order valence-electron chi connectivity index (χ3n) is 16.4. The van der Waals surface area contributed by atoms with Gasteiger partial charge in [-0.25, -0.2) is 4.79 Å². The number of esters is 1. The number of nitrogens with one attached hydrogen (secondary N) is 6. The lowest BCUT2D eigenvalue weighted by Gasteiger charge is -2.31. The van der Waals surface area contributed by atoms with E-state index >= 15 is 19.2 Å². The van der Waals surface area contributed by atoms with Crippen LogP contribution in [0, 0.1) is 0 Å². The van der Waals surface area contributed by atoms with Gasteiger partial charge in [-0.3, -0.25) is 33.7 Å². The Hall–Kier alpha value is -10.6. The van der Waals surface area contributed by atoms with Crippen LogP contribution in [0.1, 0.15) is 75.3 Å². The number of nitrogens with zero attached hydrogens (tertiary/aromatic N) is 1. The molecular formula is C65H58Cl2N8O19. The number of aliphatic hydroxyl groups is 1. The molecule has 27 nitrogen and oxygen atoms in total. The summed E-state index contributed by atoms with van der Waals surface area (Å²) in [5.74, 6) is -12.3. The molecule has 8 atom stereocenters. The number of methoxy groups -OCH3 is 1. The van der Waals surface area contributed by atoms with E-state index in [0.717, 1.165) is 43.5 Å². The average Bonchev–Trinajstić information content (AvgIpc) is 0.777. The topological polar surface area (TPSA) is 398 Å². The van der Waals surface area contributed by atoms with Crippen molar-refractivity contribution in [3.63, 3.8) is 0 Å². The maximum Gasteiger partial charge on any atom is 0.333 e. The summed E-state index contributed by atoms with van der Waals surface area (Å²) >= 11 is 14.2. The van der Waals surface area contributed by atoms with Crippen LogP contribution in [-0.2, 0) is 49.5 Å². The number of fused-ring (bicyclic) bond motifs is 14. The van der Waals surface area contributed by atoms with Crippen molar-refractivity contribution in [2.75, 3.05) is 46.6 Å². The molecule has 0 unspecified atom stereocenters. The van der Waals surface area contributed by atoms with Crippen molar-refractivity contribution in [1.29, 1.82) is 0 Å². The van der Waals surface area contributed by atoms with Crippen molar-refractivity contribution in [2.24, 2.45) is 5.73 Å². The summed E-state index contributed by atoms with van der Waals surface area (Å²) in [4.78, 5) is 107. The standard InChI is InChI=1S/C65H58Cl2N8O19/c1-89-65(88)55-38-26-35(77)27-44(80)50(38)37-20-30(4-6-42(37)78)52-61(84)74-56(64(87)73-55)57(81)31-5-9-46(40(67)21-31)94-49-24-33-23-48(58(49)91-15-12-75-10-13-90-14-11-75)93-45-8-2-28(16-39(45)66)17-41-59(82)70-53(62(85)72-54(33)63(86)71-52)32-18-34(76)25-36(19-32)92-47-22-29(3-7-43(47)79)51(68)60(83)69-41/h2-9,16,18-27,41,51-57,76-81H,10-15,17,68H2,1H3,(H,69,83)(H,70,82)(H,71,86)(H,72,85)(H,73,87)(H,74,84)/t41-,51+,52-,53+,54-,55-,56+,57-/m1/s1. The number of halogens is 2. The maximum absolute atomic E-state index is 16.1. The highest BCUT2D eigenvalue weighted by molar-refractivity contribution is 6.32. The van der Waals surface area contributed by atoms with Crippen molar-refractivity contribution in [3.05, 3.63) is 164 Å². The molecule has 0 saturated carbocycles. The van der Waals surface area contributed by atoms with Gasteiger partial charge in [0, 0.05) is 54.9 Å². The van der Waals surface area contributed by atoms with E-state index in [4.69, 9.17) is 57.4 Å². The largest absolute Gasteiger partial charge is 0.508 e. The van der Waals surface area contributed by atoms with Crippen LogP contribution in [0.15, 0.2) is 115 Å². The molecular weight excluding hydrogens is 1270 g/mol. The lowest BCUT2D eigenvalue weighted by Crippen LogP contribution is -2.55. The summed E-state index contributed by atoms with van der Waals surface area (Å²) in [6.07, 6.45) is -2.40. The SMILES string of the molecule is COC(=O)[C@@H]1NC(=O)[C@H]2NC(=O)[C@H](NC(=O)[C@@H]3NC(=O)[C@H]4NC(=O)[C@@H](Cc5ccc(c(Cl)c5)Oc5cc3cc(c5OCCN3CCOCC3)Oc3ccc(cc3Cl)[C@H]2O)NC(=O)[C@@H](N)c2ccc(O)c(c2)Oc2cc(O)cc4c2)c2ccc(O)c(c2)-c2c(O)cc(O)cc21. The molecule has 14 rings (SSSR count). The van der Waals surface area contributed by atoms with Crippen LogP contribution in [0.4, 0.5) is 0 Å². The minimum Gasteiger partial charge on any atom is -0.508 e. The lowest BCUT2D eigenvalue weighted by atomic mass is 9.89. The molecule has 0 aromatic heterocycles. The number of aromatic hydroxyl groups is 5.